The minimum Gasteiger partial charge on any atom is -0.423 e. The molecule has 0 N–H and O–H groups in total. The summed E-state index contributed by atoms with van der Waals surface area (Å²) >= 11 is 2.88. The van der Waals surface area contributed by atoms with Crippen molar-refractivity contribution in [2.75, 3.05) is 0 Å². The number of nitrogens with zero attached hydrogens (tertiary/aromatic N) is 2. The minimum absolute atomic E-state index is 0.0192. The topological polar surface area (TPSA) is 38.9 Å². The summed E-state index contributed by atoms with van der Waals surface area (Å²) in [6.07, 6.45) is 1.12. The minimum atomic E-state index is -0.965. The molecule has 0 bridgehead atoms. The van der Waals surface area contributed by atoms with Gasteiger partial charge in [-0.05, 0) is 28.1 Å². The van der Waals surface area contributed by atoms with Crippen molar-refractivity contribution in [2.45, 2.75) is 0 Å². The summed E-state index contributed by atoms with van der Waals surface area (Å²) in [5.74, 6) is -1.76. The Balaban J connectivity index is 2.57. The van der Waals surface area contributed by atoms with E-state index in [2.05, 4.69) is 26.1 Å². The van der Waals surface area contributed by atoms with Crippen LogP contribution >= 0.6 is 15.9 Å². The molecule has 1 aromatic carbocycles. The van der Waals surface area contributed by atoms with Gasteiger partial charge in [-0.15, -0.1) is 10.2 Å². The first-order valence-corrected chi connectivity index (χ1v) is 4.39. The van der Waals surface area contributed by atoms with Gasteiger partial charge >= 0.3 is 0 Å². The average molecular weight is 261 g/mol. The van der Waals surface area contributed by atoms with E-state index < -0.39 is 11.6 Å². The van der Waals surface area contributed by atoms with Crippen LogP contribution in [0.4, 0.5) is 8.78 Å². The van der Waals surface area contributed by atoms with E-state index in [0.29, 0.717) is 5.56 Å². The van der Waals surface area contributed by atoms with Gasteiger partial charge in [0.1, 0.15) is 0 Å². The second-order valence-corrected chi connectivity index (χ2v) is 3.35. The van der Waals surface area contributed by atoms with Crippen molar-refractivity contribution in [3.8, 4) is 11.5 Å². The highest BCUT2D eigenvalue weighted by molar-refractivity contribution is 9.10. The third-order valence-corrected chi connectivity index (χ3v) is 2.17. The maximum absolute atomic E-state index is 12.9. The molecule has 0 unspecified atom stereocenters. The molecule has 0 aliphatic carbocycles. The maximum atomic E-state index is 12.9. The van der Waals surface area contributed by atoms with Crippen LogP contribution in [0.5, 0.6) is 0 Å². The molecule has 6 heteroatoms. The van der Waals surface area contributed by atoms with Crippen LogP contribution in [0.2, 0.25) is 0 Å². The fraction of sp³-hybridized carbons (Fsp3) is 0. The molecule has 72 valence electrons. The Morgan fingerprint density at radius 1 is 1.29 bits per heavy atom. The Morgan fingerprint density at radius 3 is 2.64 bits per heavy atom. The molecule has 0 radical (unpaired) electrons. The van der Waals surface area contributed by atoms with Gasteiger partial charge in [-0.25, -0.2) is 8.78 Å². The predicted molar refractivity (Wildman–Crippen MR) is 47.4 cm³/mol. The standard InChI is InChI=1S/C8H3BrF2N2O/c9-5-1-4(2-6(10)7(5)11)8-13-12-3-14-8/h1-3H. The Kier molecular flexibility index (Phi) is 2.28. The van der Waals surface area contributed by atoms with Gasteiger partial charge in [0.05, 0.1) is 4.47 Å². The molecule has 2 rings (SSSR count). The Morgan fingerprint density at radius 2 is 2.07 bits per heavy atom. The zero-order valence-electron chi connectivity index (χ0n) is 6.67. The van der Waals surface area contributed by atoms with E-state index in [1.807, 2.05) is 0 Å². The average Bonchev–Trinajstić information content (AvgIpc) is 2.66. The predicted octanol–water partition coefficient (Wildman–Crippen LogP) is 2.78. The van der Waals surface area contributed by atoms with Crippen LogP contribution in [-0.2, 0) is 0 Å². The number of rotatable bonds is 1. The lowest BCUT2D eigenvalue weighted by molar-refractivity contribution is 0.503. The molecule has 0 atom stereocenters. The molecule has 0 fully saturated rings. The number of hydrogen-bond acceptors (Lipinski definition) is 3. The number of benzene rings is 1. The molecule has 0 aliphatic rings. The lowest BCUT2D eigenvalue weighted by atomic mass is 10.2. The van der Waals surface area contributed by atoms with Crippen LogP contribution in [0.15, 0.2) is 27.4 Å². The van der Waals surface area contributed by atoms with Crippen molar-refractivity contribution in [3.05, 3.63) is 34.6 Å². The van der Waals surface area contributed by atoms with Gasteiger partial charge < -0.3 is 4.42 Å². The monoisotopic (exact) mass is 260 g/mol. The van der Waals surface area contributed by atoms with E-state index in [0.717, 1.165) is 12.5 Å². The van der Waals surface area contributed by atoms with Gasteiger partial charge in [-0.2, -0.15) is 0 Å². The van der Waals surface area contributed by atoms with Crippen LogP contribution in [0, 0.1) is 11.6 Å². The zero-order valence-corrected chi connectivity index (χ0v) is 8.25. The van der Waals surface area contributed by atoms with E-state index >= 15 is 0 Å². The van der Waals surface area contributed by atoms with Crippen molar-refractivity contribution < 1.29 is 13.2 Å². The Labute approximate surface area is 85.9 Å². The number of aromatic nitrogens is 2. The lowest BCUT2D eigenvalue weighted by Gasteiger charge is -1.99. The highest BCUT2D eigenvalue weighted by Crippen LogP contribution is 2.25. The molecular formula is C8H3BrF2N2O. The highest BCUT2D eigenvalue weighted by Gasteiger charge is 2.12. The van der Waals surface area contributed by atoms with Crippen molar-refractivity contribution >= 4 is 15.9 Å². The van der Waals surface area contributed by atoms with Gasteiger partial charge in [0.2, 0.25) is 12.3 Å². The smallest absolute Gasteiger partial charge is 0.247 e. The SMILES string of the molecule is Fc1cc(-c2nnco2)cc(Br)c1F. The molecule has 2 aromatic rings. The number of halogens is 3. The van der Waals surface area contributed by atoms with Crippen molar-refractivity contribution in [1.82, 2.24) is 10.2 Å². The van der Waals surface area contributed by atoms with E-state index in [9.17, 15) is 8.78 Å². The quantitative estimate of drug-likeness (QED) is 0.741. The molecule has 3 nitrogen and oxygen atoms in total. The van der Waals surface area contributed by atoms with Crippen molar-refractivity contribution in [2.24, 2.45) is 0 Å². The van der Waals surface area contributed by atoms with Gasteiger partial charge in [-0.1, -0.05) is 0 Å². The molecule has 0 saturated carbocycles. The zero-order chi connectivity index (χ0) is 10.1. The summed E-state index contributed by atoms with van der Waals surface area (Å²) < 4.78 is 30.7. The largest absolute Gasteiger partial charge is 0.423 e. The highest BCUT2D eigenvalue weighted by atomic mass is 79.9. The summed E-state index contributed by atoms with van der Waals surface area (Å²) in [5, 5.41) is 7.00. The Hall–Kier alpha value is -1.30. The molecule has 1 heterocycles. The first-order valence-electron chi connectivity index (χ1n) is 3.59. The van der Waals surface area contributed by atoms with Crippen molar-refractivity contribution in [1.29, 1.82) is 0 Å². The third-order valence-electron chi connectivity index (χ3n) is 1.59. The van der Waals surface area contributed by atoms with Gasteiger partial charge in [-0.3, -0.25) is 0 Å². The summed E-state index contributed by atoms with van der Waals surface area (Å²) in [4.78, 5) is 0. The molecule has 1 aromatic heterocycles. The Bertz CT molecular complexity index is 435. The number of hydrogen-bond donors (Lipinski definition) is 0. The molecular weight excluding hydrogens is 258 g/mol. The molecule has 0 spiro atoms. The summed E-state index contributed by atoms with van der Waals surface area (Å²) in [5.41, 5.74) is 0.327. The molecule has 0 amide bonds. The van der Waals surface area contributed by atoms with E-state index in [-0.39, 0.29) is 10.4 Å². The fourth-order valence-corrected chi connectivity index (χ4v) is 1.41. The summed E-state index contributed by atoms with van der Waals surface area (Å²) in [7, 11) is 0. The van der Waals surface area contributed by atoms with Crippen LogP contribution in [0.1, 0.15) is 0 Å². The van der Waals surface area contributed by atoms with Gasteiger partial charge in [0.15, 0.2) is 11.6 Å². The summed E-state index contributed by atoms with van der Waals surface area (Å²) in [6, 6.07) is 2.36. The van der Waals surface area contributed by atoms with E-state index in [1.54, 1.807) is 0 Å². The second-order valence-electron chi connectivity index (χ2n) is 2.50. The van der Waals surface area contributed by atoms with Crippen LogP contribution in [0.25, 0.3) is 11.5 Å². The molecule has 0 aliphatic heterocycles. The first kappa shape index (κ1) is 9.26. The summed E-state index contributed by atoms with van der Waals surface area (Å²) in [6.45, 7) is 0. The lowest BCUT2D eigenvalue weighted by Crippen LogP contribution is -1.88. The van der Waals surface area contributed by atoms with E-state index in [1.165, 1.54) is 6.07 Å². The molecule has 14 heavy (non-hydrogen) atoms. The van der Waals surface area contributed by atoms with Gasteiger partial charge in [0.25, 0.3) is 0 Å². The van der Waals surface area contributed by atoms with Crippen LogP contribution < -0.4 is 0 Å². The molecule has 0 saturated heterocycles. The fourth-order valence-electron chi connectivity index (χ4n) is 0.978. The van der Waals surface area contributed by atoms with E-state index in [4.69, 9.17) is 4.42 Å². The maximum Gasteiger partial charge on any atom is 0.247 e. The third kappa shape index (κ3) is 1.52. The van der Waals surface area contributed by atoms with Gasteiger partial charge in [0, 0.05) is 5.56 Å². The van der Waals surface area contributed by atoms with Crippen molar-refractivity contribution in [3.63, 3.8) is 0 Å². The second kappa shape index (κ2) is 3.45. The first-order chi connectivity index (χ1) is 6.68. The van der Waals surface area contributed by atoms with Crippen LogP contribution in [0.3, 0.4) is 0 Å². The normalized spacial score (nSPS) is 10.5. The van der Waals surface area contributed by atoms with Crippen LogP contribution in [-0.4, -0.2) is 10.2 Å².